The van der Waals surface area contributed by atoms with Gasteiger partial charge in [0.15, 0.2) is 5.41 Å². The molecule has 0 aliphatic heterocycles. The van der Waals surface area contributed by atoms with Gasteiger partial charge in [-0.1, -0.05) is 60.7 Å². The van der Waals surface area contributed by atoms with Gasteiger partial charge in [0, 0.05) is 0 Å². The fourth-order valence-electron chi connectivity index (χ4n) is 2.11. The number of rotatable bonds is 9. The summed E-state index contributed by atoms with van der Waals surface area (Å²) in [5.41, 5.74) is 1.41. The molecule has 0 aromatic heterocycles. The Morgan fingerprint density at radius 2 is 1.30 bits per heavy atom. The average Bonchev–Trinajstić information content (AvgIpc) is 2.60. The molecule has 0 radical (unpaired) electrons. The highest BCUT2D eigenvalue weighted by Gasteiger charge is 2.35. The zero-order valence-corrected chi connectivity index (χ0v) is 15.9. The molecule has 0 fully saturated rings. The van der Waals surface area contributed by atoms with Crippen LogP contribution in [0.25, 0.3) is 0 Å². The van der Waals surface area contributed by atoms with E-state index in [1.807, 2.05) is 67.6 Å². The molecule has 0 bridgehead atoms. The molecular weight excluding hydrogens is 308 g/mol. The first-order chi connectivity index (χ1) is 11.1. The van der Waals surface area contributed by atoms with Gasteiger partial charge < -0.3 is 9.47 Å². The maximum absolute atomic E-state index is 6.09. The standard InChI is InChI=1S/C18H24O4Si/c1-15(22-19-2)18(23,20-13-16-9-5-3-6-10-16)21-14-17-11-7-4-8-12-17/h3-12,15H,13-14H2,1-2,23H3. The SMILES string of the molecule is COOC(C)C([SiH3])(OCc1ccccc1)OCc1ccccc1. The second-order valence-electron chi connectivity index (χ2n) is 5.47. The first kappa shape index (κ1) is 17.8. The molecule has 0 spiro atoms. The molecule has 0 heterocycles. The van der Waals surface area contributed by atoms with Crippen LogP contribution < -0.4 is 0 Å². The van der Waals surface area contributed by atoms with Gasteiger partial charge in [-0.2, -0.15) is 0 Å². The third-order valence-corrected chi connectivity index (χ3v) is 5.11. The van der Waals surface area contributed by atoms with Crippen molar-refractivity contribution in [1.82, 2.24) is 0 Å². The van der Waals surface area contributed by atoms with E-state index >= 15 is 0 Å². The summed E-state index contributed by atoms with van der Waals surface area (Å²) in [6, 6.07) is 20.1. The van der Waals surface area contributed by atoms with Crippen LogP contribution in [0.15, 0.2) is 60.7 Å². The third-order valence-electron chi connectivity index (χ3n) is 3.72. The second kappa shape index (κ2) is 8.96. The molecule has 5 heteroatoms. The highest BCUT2D eigenvalue weighted by atomic mass is 28.1. The minimum absolute atomic E-state index is 0.327. The van der Waals surface area contributed by atoms with Gasteiger partial charge in [-0.05, 0) is 18.1 Å². The van der Waals surface area contributed by atoms with Crippen molar-refractivity contribution < 1.29 is 19.2 Å². The van der Waals surface area contributed by atoms with Crippen molar-refractivity contribution >= 4 is 10.2 Å². The summed E-state index contributed by atoms with van der Waals surface area (Å²) in [7, 11) is 2.13. The molecule has 0 saturated carbocycles. The van der Waals surface area contributed by atoms with Crippen molar-refractivity contribution in [2.45, 2.75) is 31.7 Å². The summed E-state index contributed by atoms with van der Waals surface area (Å²) < 4.78 is 12.2. The van der Waals surface area contributed by atoms with E-state index in [2.05, 4.69) is 0 Å². The van der Waals surface area contributed by atoms with Crippen molar-refractivity contribution in [3.05, 3.63) is 71.8 Å². The van der Waals surface area contributed by atoms with Gasteiger partial charge in [-0.15, -0.1) is 0 Å². The molecule has 23 heavy (non-hydrogen) atoms. The van der Waals surface area contributed by atoms with E-state index in [1.165, 1.54) is 7.11 Å². The maximum Gasteiger partial charge on any atom is 0.170 e. The lowest BCUT2D eigenvalue weighted by Gasteiger charge is -2.34. The largest absolute Gasteiger partial charge is 0.347 e. The molecule has 2 rings (SSSR count). The highest BCUT2D eigenvalue weighted by Crippen LogP contribution is 2.21. The van der Waals surface area contributed by atoms with Gasteiger partial charge >= 0.3 is 0 Å². The van der Waals surface area contributed by atoms with Crippen molar-refractivity contribution in [3.8, 4) is 0 Å². The van der Waals surface area contributed by atoms with Crippen LogP contribution in [0.4, 0.5) is 0 Å². The lowest BCUT2D eigenvalue weighted by molar-refractivity contribution is -0.362. The van der Waals surface area contributed by atoms with Crippen LogP contribution in [0.2, 0.25) is 0 Å². The van der Waals surface area contributed by atoms with Crippen LogP contribution in [0, 0.1) is 0 Å². The van der Waals surface area contributed by atoms with Crippen LogP contribution in [-0.4, -0.2) is 28.9 Å². The Morgan fingerprint density at radius 3 is 1.70 bits per heavy atom. The van der Waals surface area contributed by atoms with Crippen LogP contribution >= 0.6 is 0 Å². The fraction of sp³-hybridized carbons (Fsp3) is 0.333. The van der Waals surface area contributed by atoms with E-state index in [0.29, 0.717) is 23.5 Å². The van der Waals surface area contributed by atoms with E-state index in [1.54, 1.807) is 0 Å². The molecule has 124 valence electrons. The van der Waals surface area contributed by atoms with Crippen molar-refractivity contribution in [2.75, 3.05) is 7.11 Å². The molecular formula is C18H24O4Si. The Hall–Kier alpha value is -1.50. The summed E-state index contributed by atoms with van der Waals surface area (Å²) in [5.74, 6) is 0. The molecule has 0 saturated heterocycles. The maximum atomic E-state index is 6.09. The Kier molecular flexibility index (Phi) is 6.95. The van der Waals surface area contributed by atoms with E-state index in [0.717, 1.165) is 11.1 Å². The van der Waals surface area contributed by atoms with Crippen LogP contribution in [0.3, 0.4) is 0 Å². The van der Waals surface area contributed by atoms with Gasteiger partial charge in [0.05, 0.1) is 30.6 Å². The quantitative estimate of drug-likeness (QED) is 0.306. The second-order valence-corrected chi connectivity index (χ2v) is 6.86. The minimum Gasteiger partial charge on any atom is -0.347 e. The van der Waals surface area contributed by atoms with Gasteiger partial charge in [0.25, 0.3) is 0 Å². The fourth-order valence-corrected chi connectivity index (χ4v) is 2.49. The van der Waals surface area contributed by atoms with Crippen LogP contribution in [0.5, 0.6) is 0 Å². The first-order valence-electron chi connectivity index (χ1n) is 7.69. The smallest absolute Gasteiger partial charge is 0.170 e. The Labute approximate surface area is 140 Å². The summed E-state index contributed by atoms with van der Waals surface area (Å²) in [6.07, 6.45) is -0.327. The molecule has 1 atom stereocenters. The van der Waals surface area contributed by atoms with E-state index in [9.17, 15) is 0 Å². The summed E-state index contributed by atoms with van der Waals surface area (Å²) in [4.78, 5) is 10.1. The van der Waals surface area contributed by atoms with Gasteiger partial charge in [0.2, 0.25) is 0 Å². The predicted molar refractivity (Wildman–Crippen MR) is 92.7 cm³/mol. The van der Waals surface area contributed by atoms with Crippen LogP contribution in [-0.2, 0) is 32.5 Å². The Bertz CT molecular complexity index is 518. The van der Waals surface area contributed by atoms with Gasteiger partial charge in [0.1, 0.15) is 6.10 Å². The number of ether oxygens (including phenoxy) is 2. The zero-order chi connectivity index (χ0) is 16.5. The van der Waals surface area contributed by atoms with Crippen LogP contribution in [0.1, 0.15) is 18.1 Å². The Balaban J connectivity index is 2.02. The van der Waals surface area contributed by atoms with Crippen molar-refractivity contribution in [2.24, 2.45) is 0 Å². The predicted octanol–water partition coefficient (Wildman–Crippen LogP) is 2.41. The number of benzene rings is 2. The summed E-state index contributed by atoms with van der Waals surface area (Å²) in [6.45, 7) is 2.83. The van der Waals surface area contributed by atoms with Crippen molar-refractivity contribution in [3.63, 3.8) is 0 Å². The van der Waals surface area contributed by atoms with E-state index in [-0.39, 0.29) is 6.10 Å². The summed E-state index contributed by atoms with van der Waals surface area (Å²) in [5, 5.41) is 0. The lowest BCUT2D eigenvalue weighted by Crippen LogP contribution is -2.47. The van der Waals surface area contributed by atoms with Gasteiger partial charge in [-0.25, -0.2) is 9.78 Å². The molecule has 0 amide bonds. The molecule has 4 nitrogen and oxygen atoms in total. The molecule has 0 aliphatic rings. The Morgan fingerprint density at radius 1 is 0.870 bits per heavy atom. The molecule has 0 N–H and O–H groups in total. The third kappa shape index (κ3) is 5.57. The topological polar surface area (TPSA) is 36.9 Å². The summed E-state index contributed by atoms with van der Waals surface area (Å²) >= 11 is 0. The number of hydrogen-bond acceptors (Lipinski definition) is 4. The normalized spacial score (nSPS) is 13.1. The molecule has 2 aromatic rings. The minimum atomic E-state index is -0.790. The monoisotopic (exact) mass is 332 g/mol. The molecule has 2 aromatic carbocycles. The van der Waals surface area contributed by atoms with Gasteiger partial charge in [-0.3, -0.25) is 0 Å². The zero-order valence-electron chi connectivity index (χ0n) is 13.9. The number of hydrogen-bond donors (Lipinski definition) is 0. The van der Waals surface area contributed by atoms with Crippen molar-refractivity contribution in [1.29, 1.82) is 0 Å². The lowest BCUT2D eigenvalue weighted by atomic mass is 10.2. The molecule has 0 aliphatic carbocycles. The molecule has 1 unspecified atom stereocenters. The van der Waals surface area contributed by atoms with E-state index < -0.39 is 5.41 Å². The highest BCUT2D eigenvalue weighted by molar-refractivity contribution is 6.13. The van der Waals surface area contributed by atoms with E-state index in [4.69, 9.17) is 19.2 Å². The average molecular weight is 332 g/mol. The first-order valence-corrected chi connectivity index (χ1v) is 8.69.